The molecular formula is C12H13N5O3S. The first kappa shape index (κ1) is 15.1. The lowest BCUT2D eigenvalue weighted by Crippen LogP contribution is -2.24. The van der Waals surface area contributed by atoms with Crippen molar-refractivity contribution in [3.63, 3.8) is 0 Å². The molecule has 0 bridgehead atoms. The lowest BCUT2D eigenvalue weighted by Gasteiger charge is -2.04. The van der Waals surface area contributed by atoms with E-state index in [1.54, 1.807) is 0 Å². The molecule has 0 saturated heterocycles. The third kappa shape index (κ3) is 4.35. The zero-order valence-electron chi connectivity index (χ0n) is 10.9. The summed E-state index contributed by atoms with van der Waals surface area (Å²) >= 11 is 0. The number of H-pyrrole nitrogens is 1. The molecule has 9 heteroatoms. The molecule has 2 heterocycles. The van der Waals surface area contributed by atoms with Gasteiger partial charge in [0.25, 0.3) is 0 Å². The quantitative estimate of drug-likeness (QED) is 0.635. The first-order valence-electron chi connectivity index (χ1n) is 6.00. The molecule has 0 fully saturated rings. The standard InChI is InChI=1S/C12H13N5O3S/c18-4-2-1-3-10-5-11(7-13-6-10)21(19,20)16-8-12-14-9-15-17-12/h5-7,9,16,18H,2,4,8H2,(H,14,15,17). The van der Waals surface area contributed by atoms with Crippen molar-refractivity contribution in [1.82, 2.24) is 24.9 Å². The highest BCUT2D eigenvalue weighted by molar-refractivity contribution is 7.89. The van der Waals surface area contributed by atoms with Gasteiger partial charge in [0.15, 0.2) is 0 Å². The minimum absolute atomic E-state index is 0.00273. The molecule has 2 aromatic rings. The number of aromatic amines is 1. The Labute approximate surface area is 121 Å². The average molecular weight is 307 g/mol. The van der Waals surface area contributed by atoms with Gasteiger partial charge in [0, 0.05) is 24.4 Å². The van der Waals surface area contributed by atoms with Gasteiger partial charge in [-0.2, -0.15) is 5.10 Å². The van der Waals surface area contributed by atoms with Crippen LogP contribution < -0.4 is 4.72 Å². The summed E-state index contributed by atoms with van der Waals surface area (Å²) in [6.45, 7) is -0.0418. The first-order chi connectivity index (χ1) is 10.1. The number of nitrogens with zero attached hydrogens (tertiary/aromatic N) is 3. The molecule has 110 valence electrons. The Morgan fingerprint density at radius 2 is 2.24 bits per heavy atom. The topological polar surface area (TPSA) is 121 Å². The Balaban J connectivity index is 2.12. The molecule has 0 spiro atoms. The Kier molecular flexibility index (Phi) is 4.99. The van der Waals surface area contributed by atoms with E-state index < -0.39 is 10.0 Å². The van der Waals surface area contributed by atoms with Gasteiger partial charge in [0.1, 0.15) is 17.0 Å². The zero-order valence-corrected chi connectivity index (χ0v) is 11.8. The minimum Gasteiger partial charge on any atom is -0.395 e. The van der Waals surface area contributed by atoms with E-state index in [0.29, 0.717) is 17.8 Å². The molecule has 0 amide bonds. The maximum atomic E-state index is 12.1. The highest BCUT2D eigenvalue weighted by Gasteiger charge is 2.15. The molecular weight excluding hydrogens is 294 g/mol. The van der Waals surface area contributed by atoms with Crippen molar-refractivity contribution in [3.8, 4) is 11.8 Å². The Morgan fingerprint density at radius 3 is 2.95 bits per heavy atom. The highest BCUT2D eigenvalue weighted by atomic mass is 32.2. The molecule has 0 aliphatic heterocycles. The van der Waals surface area contributed by atoms with E-state index in [0.717, 1.165) is 0 Å². The number of sulfonamides is 1. The van der Waals surface area contributed by atoms with E-state index >= 15 is 0 Å². The third-order valence-corrected chi connectivity index (χ3v) is 3.76. The molecule has 8 nitrogen and oxygen atoms in total. The van der Waals surface area contributed by atoms with Crippen molar-refractivity contribution in [3.05, 3.63) is 36.2 Å². The van der Waals surface area contributed by atoms with Gasteiger partial charge < -0.3 is 5.11 Å². The van der Waals surface area contributed by atoms with Gasteiger partial charge in [-0.25, -0.2) is 18.1 Å². The normalized spacial score (nSPS) is 10.9. The molecule has 0 aliphatic rings. The summed E-state index contributed by atoms with van der Waals surface area (Å²) in [7, 11) is -3.71. The zero-order chi connectivity index (χ0) is 15.1. The van der Waals surface area contributed by atoms with Crippen molar-refractivity contribution in [2.24, 2.45) is 0 Å². The summed E-state index contributed by atoms with van der Waals surface area (Å²) in [4.78, 5) is 7.69. The lowest BCUT2D eigenvalue weighted by atomic mass is 10.3. The summed E-state index contributed by atoms with van der Waals surface area (Å²) in [5.74, 6) is 5.85. The van der Waals surface area contributed by atoms with Gasteiger partial charge in [-0.3, -0.25) is 10.1 Å². The van der Waals surface area contributed by atoms with Crippen LogP contribution in [0.25, 0.3) is 0 Å². The van der Waals surface area contributed by atoms with Gasteiger partial charge >= 0.3 is 0 Å². The molecule has 0 aromatic carbocycles. The van der Waals surface area contributed by atoms with Crippen molar-refractivity contribution in [2.75, 3.05) is 6.61 Å². The number of nitrogens with one attached hydrogen (secondary N) is 2. The summed E-state index contributed by atoms with van der Waals surface area (Å²) in [5.41, 5.74) is 0.464. The van der Waals surface area contributed by atoms with Crippen LogP contribution in [0.1, 0.15) is 17.8 Å². The van der Waals surface area contributed by atoms with E-state index in [-0.39, 0.29) is 18.0 Å². The molecule has 0 unspecified atom stereocenters. The second-order valence-electron chi connectivity index (χ2n) is 3.94. The van der Waals surface area contributed by atoms with Crippen molar-refractivity contribution in [1.29, 1.82) is 0 Å². The smallest absolute Gasteiger partial charge is 0.242 e. The summed E-state index contributed by atoms with van der Waals surface area (Å²) < 4.78 is 26.6. The SMILES string of the molecule is O=S(=O)(NCc1ncn[nH]1)c1cncc(C#CCCO)c1. The molecule has 0 atom stereocenters. The van der Waals surface area contributed by atoms with Crippen LogP contribution in [-0.4, -0.2) is 40.3 Å². The monoisotopic (exact) mass is 307 g/mol. The number of hydrogen-bond acceptors (Lipinski definition) is 6. The van der Waals surface area contributed by atoms with E-state index in [4.69, 9.17) is 5.11 Å². The summed E-state index contributed by atoms with van der Waals surface area (Å²) in [6.07, 6.45) is 4.31. The van der Waals surface area contributed by atoms with Crippen LogP contribution >= 0.6 is 0 Å². The maximum Gasteiger partial charge on any atom is 0.242 e. The Hall–Kier alpha value is -2.28. The van der Waals surface area contributed by atoms with Crippen LogP contribution in [0.3, 0.4) is 0 Å². The molecule has 21 heavy (non-hydrogen) atoms. The Morgan fingerprint density at radius 1 is 1.38 bits per heavy atom. The number of hydrogen-bond donors (Lipinski definition) is 3. The van der Waals surface area contributed by atoms with Gasteiger partial charge in [-0.1, -0.05) is 11.8 Å². The molecule has 0 radical (unpaired) electrons. The van der Waals surface area contributed by atoms with Gasteiger partial charge in [-0.15, -0.1) is 0 Å². The maximum absolute atomic E-state index is 12.1. The molecule has 2 aromatic heterocycles. The first-order valence-corrected chi connectivity index (χ1v) is 7.49. The Bertz CT molecular complexity index is 747. The van der Waals surface area contributed by atoms with E-state index in [2.05, 4.69) is 36.7 Å². The fourth-order valence-corrected chi connectivity index (χ4v) is 2.39. The van der Waals surface area contributed by atoms with Crippen molar-refractivity contribution >= 4 is 10.0 Å². The van der Waals surface area contributed by atoms with E-state index in [1.807, 2.05) is 0 Å². The van der Waals surface area contributed by atoms with Gasteiger partial charge in [-0.05, 0) is 6.07 Å². The summed E-state index contributed by atoms with van der Waals surface area (Å²) in [5, 5.41) is 14.8. The van der Waals surface area contributed by atoms with Crippen LogP contribution in [0.15, 0.2) is 29.7 Å². The van der Waals surface area contributed by atoms with Crippen LogP contribution in [-0.2, 0) is 16.6 Å². The van der Waals surface area contributed by atoms with Gasteiger partial charge in [0.05, 0.1) is 13.2 Å². The largest absolute Gasteiger partial charge is 0.395 e. The predicted octanol–water partition coefficient (Wildman–Crippen LogP) is -0.588. The summed E-state index contributed by atoms with van der Waals surface area (Å²) in [6, 6.07) is 1.42. The van der Waals surface area contributed by atoms with Crippen LogP contribution in [0.5, 0.6) is 0 Å². The minimum atomic E-state index is -3.71. The van der Waals surface area contributed by atoms with Crippen LogP contribution in [0.4, 0.5) is 0 Å². The van der Waals surface area contributed by atoms with E-state index in [1.165, 1.54) is 24.8 Å². The highest BCUT2D eigenvalue weighted by Crippen LogP contribution is 2.09. The van der Waals surface area contributed by atoms with E-state index in [9.17, 15) is 8.42 Å². The van der Waals surface area contributed by atoms with Crippen LogP contribution in [0, 0.1) is 11.8 Å². The number of aliphatic hydroxyl groups is 1. The molecule has 2 rings (SSSR count). The second-order valence-corrected chi connectivity index (χ2v) is 5.71. The third-order valence-electron chi connectivity index (χ3n) is 2.39. The fraction of sp³-hybridized carbons (Fsp3) is 0.250. The number of aliphatic hydroxyl groups excluding tert-OH is 1. The van der Waals surface area contributed by atoms with Crippen molar-refractivity contribution in [2.45, 2.75) is 17.9 Å². The lowest BCUT2D eigenvalue weighted by molar-refractivity contribution is 0.305. The molecule has 0 saturated carbocycles. The molecule has 0 aliphatic carbocycles. The van der Waals surface area contributed by atoms with Crippen LogP contribution in [0.2, 0.25) is 0 Å². The van der Waals surface area contributed by atoms with Gasteiger partial charge in [0.2, 0.25) is 10.0 Å². The number of aromatic nitrogens is 4. The number of rotatable bonds is 5. The number of pyridine rings is 1. The van der Waals surface area contributed by atoms with Crippen molar-refractivity contribution < 1.29 is 13.5 Å². The second kappa shape index (κ2) is 6.94. The predicted molar refractivity (Wildman–Crippen MR) is 73.2 cm³/mol. The molecule has 3 N–H and O–H groups in total. The average Bonchev–Trinajstić information content (AvgIpc) is 2.99. The fourth-order valence-electron chi connectivity index (χ4n) is 1.42.